The van der Waals surface area contributed by atoms with Crippen molar-refractivity contribution in [3.63, 3.8) is 0 Å². The van der Waals surface area contributed by atoms with Crippen LogP contribution in [-0.4, -0.2) is 40.1 Å². The highest BCUT2D eigenvalue weighted by Gasteiger charge is 2.07. The molecule has 0 bridgehead atoms. The molecule has 0 aromatic heterocycles. The lowest BCUT2D eigenvalue weighted by atomic mass is 10.1. The molecule has 0 saturated carbocycles. The van der Waals surface area contributed by atoms with E-state index in [-0.39, 0.29) is 0 Å². The molecule has 0 amide bonds. The van der Waals surface area contributed by atoms with Crippen LogP contribution in [0.25, 0.3) is 0 Å². The third-order valence-corrected chi connectivity index (χ3v) is 3.24. The molecule has 1 aliphatic rings. The number of hydrogen-bond acceptors (Lipinski definition) is 4. The summed E-state index contributed by atoms with van der Waals surface area (Å²) in [7, 11) is 0. The molecule has 1 heterocycles. The van der Waals surface area contributed by atoms with Crippen molar-refractivity contribution < 1.29 is 9.90 Å². The van der Waals surface area contributed by atoms with Gasteiger partial charge in [0.25, 0.3) is 0 Å². The van der Waals surface area contributed by atoms with Gasteiger partial charge in [-0.05, 0) is 19.5 Å². The van der Waals surface area contributed by atoms with E-state index in [2.05, 4.69) is 35.7 Å². The quantitative estimate of drug-likeness (QED) is 0.640. The molecule has 0 aromatic carbocycles. The molecule has 0 fully saturated rings. The Bertz CT molecular complexity index is 317. The van der Waals surface area contributed by atoms with Crippen molar-refractivity contribution in [1.29, 1.82) is 0 Å². The maximum Gasteiger partial charge on any atom is 0.320 e. The molecule has 0 aliphatic carbocycles. The summed E-state index contributed by atoms with van der Waals surface area (Å²) in [6.07, 6.45) is 14.4. The van der Waals surface area contributed by atoms with Crippen LogP contribution in [0.2, 0.25) is 0 Å². The number of carbonyl (C=O) groups is 1. The van der Waals surface area contributed by atoms with Gasteiger partial charge in [-0.25, -0.2) is 0 Å². The molecular weight excluding hydrogens is 266 g/mol. The van der Waals surface area contributed by atoms with E-state index in [0.717, 1.165) is 6.67 Å². The van der Waals surface area contributed by atoms with E-state index in [1.165, 1.54) is 52.0 Å². The average Bonchev–Trinajstić information content (AvgIpc) is 2.91. The van der Waals surface area contributed by atoms with Gasteiger partial charge in [0.1, 0.15) is 6.04 Å². The van der Waals surface area contributed by atoms with Gasteiger partial charge in [0.15, 0.2) is 0 Å². The van der Waals surface area contributed by atoms with Gasteiger partial charge in [-0.1, -0.05) is 45.6 Å². The molecule has 5 heteroatoms. The van der Waals surface area contributed by atoms with Crippen molar-refractivity contribution in [3.05, 3.63) is 25.2 Å². The topological polar surface area (TPSA) is 69.8 Å². The summed E-state index contributed by atoms with van der Waals surface area (Å²) < 4.78 is 0. The molecule has 1 unspecified atom stereocenters. The standard InChI is InChI=1S/C13H24N2.C3H7NO2/c1-3-5-6-7-8-9-10-15-12-11-14(4-2)13-15;1-2(4)3(5)6/h4,11-12H,2-3,5-10,13H2,1H3;2H,4H2,1H3,(H,5,6). The normalized spacial score (nSPS) is 14.6. The van der Waals surface area contributed by atoms with E-state index >= 15 is 0 Å². The first-order chi connectivity index (χ1) is 10.0. The van der Waals surface area contributed by atoms with E-state index in [4.69, 9.17) is 10.8 Å². The number of rotatable bonds is 9. The number of carboxylic acids is 1. The Labute approximate surface area is 129 Å². The van der Waals surface area contributed by atoms with E-state index in [1.54, 1.807) is 0 Å². The van der Waals surface area contributed by atoms with E-state index in [0.29, 0.717) is 0 Å². The van der Waals surface area contributed by atoms with Crippen LogP contribution in [0.5, 0.6) is 0 Å². The monoisotopic (exact) mass is 297 g/mol. The lowest BCUT2D eigenvalue weighted by Crippen LogP contribution is -2.25. The van der Waals surface area contributed by atoms with E-state index < -0.39 is 12.0 Å². The molecular formula is C16H31N3O2. The first kappa shape index (κ1) is 19.5. The number of nitrogens with zero attached hydrogens (tertiary/aromatic N) is 2. The Kier molecular flexibility index (Phi) is 11.4. The third-order valence-electron chi connectivity index (χ3n) is 3.24. The van der Waals surface area contributed by atoms with Crippen LogP contribution in [0.15, 0.2) is 25.2 Å². The van der Waals surface area contributed by atoms with Crippen LogP contribution in [0.3, 0.4) is 0 Å². The van der Waals surface area contributed by atoms with Gasteiger partial charge in [-0.2, -0.15) is 0 Å². The smallest absolute Gasteiger partial charge is 0.320 e. The predicted octanol–water partition coefficient (Wildman–Crippen LogP) is 2.95. The lowest BCUT2D eigenvalue weighted by molar-refractivity contribution is -0.138. The van der Waals surface area contributed by atoms with Crippen molar-refractivity contribution in [2.75, 3.05) is 13.2 Å². The molecule has 0 saturated heterocycles. The maximum absolute atomic E-state index is 9.57. The second-order valence-electron chi connectivity index (χ2n) is 5.34. The summed E-state index contributed by atoms with van der Waals surface area (Å²) in [6.45, 7) is 9.61. The third kappa shape index (κ3) is 10.9. The van der Waals surface area contributed by atoms with Crippen LogP contribution in [0.1, 0.15) is 52.4 Å². The Hall–Kier alpha value is -1.49. The molecule has 21 heavy (non-hydrogen) atoms. The summed E-state index contributed by atoms with van der Waals surface area (Å²) in [5.74, 6) is -0.963. The molecule has 5 nitrogen and oxygen atoms in total. The van der Waals surface area contributed by atoms with Gasteiger partial charge in [0, 0.05) is 18.9 Å². The van der Waals surface area contributed by atoms with Crippen molar-refractivity contribution in [1.82, 2.24) is 9.80 Å². The van der Waals surface area contributed by atoms with Crippen LogP contribution in [0.4, 0.5) is 0 Å². The van der Waals surface area contributed by atoms with Crippen LogP contribution in [-0.2, 0) is 4.79 Å². The fourth-order valence-corrected chi connectivity index (χ4v) is 1.84. The minimum absolute atomic E-state index is 0.731. The van der Waals surface area contributed by atoms with Crippen molar-refractivity contribution in [3.8, 4) is 0 Å². The number of hydrogen-bond donors (Lipinski definition) is 2. The summed E-state index contributed by atoms with van der Waals surface area (Å²) in [6, 6.07) is -0.731. The van der Waals surface area contributed by atoms with Gasteiger partial charge in [0.2, 0.25) is 0 Å². The Balaban J connectivity index is 0.000000567. The van der Waals surface area contributed by atoms with Gasteiger partial charge >= 0.3 is 5.97 Å². The first-order valence-corrected chi connectivity index (χ1v) is 7.80. The van der Waals surface area contributed by atoms with Gasteiger partial charge in [-0.15, -0.1) is 0 Å². The summed E-state index contributed by atoms with van der Waals surface area (Å²) >= 11 is 0. The number of unbranched alkanes of at least 4 members (excludes halogenated alkanes) is 5. The average molecular weight is 297 g/mol. The zero-order chi connectivity index (χ0) is 16.1. The molecule has 3 N–H and O–H groups in total. The second-order valence-corrected chi connectivity index (χ2v) is 5.34. The van der Waals surface area contributed by atoms with E-state index in [1.807, 2.05) is 6.20 Å². The highest BCUT2D eigenvalue weighted by molar-refractivity contribution is 5.72. The molecule has 0 spiro atoms. The molecule has 1 aliphatic heterocycles. The maximum atomic E-state index is 9.57. The second kappa shape index (κ2) is 12.3. The number of nitrogens with two attached hydrogens (primary N) is 1. The van der Waals surface area contributed by atoms with Gasteiger partial charge in [-0.3, -0.25) is 4.79 Å². The Morgan fingerprint density at radius 1 is 1.33 bits per heavy atom. The minimum atomic E-state index is -0.963. The zero-order valence-corrected chi connectivity index (χ0v) is 13.5. The number of carboxylic acid groups (broad SMARTS) is 1. The van der Waals surface area contributed by atoms with Crippen LogP contribution in [0, 0.1) is 0 Å². The molecule has 0 aromatic rings. The highest BCUT2D eigenvalue weighted by atomic mass is 16.4. The van der Waals surface area contributed by atoms with Crippen molar-refractivity contribution in [2.45, 2.75) is 58.4 Å². The summed E-state index contributed by atoms with van der Waals surface area (Å²) in [4.78, 5) is 14.0. The predicted molar refractivity (Wildman–Crippen MR) is 87.4 cm³/mol. The van der Waals surface area contributed by atoms with Crippen LogP contribution < -0.4 is 5.73 Å². The number of aliphatic carboxylic acids is 1. The molecule has 1 rings (SSSR count). The molecule has 0 radical (unpaired) electrons. The minimum Gasteiger partial charge on any atom is -0.480 e. The van der Waals surface area contributed by atoms with Crippen molar-refractivity contribution >= 4 is 5.97 Å². The highest BCUT2D eigenvalue weighted by Crippen LogP contribution is 2.10. The van der Waals surface area contributed by atoms with Crippen LogP contribution >= 0.6 is 0 Å². The SMILES string of the molecule is C=CN1C=CN(CCCCCCCC)C1.CC(N)C(=O)O. The molecule has 122 valence electrons. The van der Waals surface area contributed by atoms with Gasteiger partial charge in [0.05, 0.1) is 6.67 Å². The van der Waals surface area contributed by atoms with E-state index in [9.17, 15) is 4.79 Å². The zero-order valence-electron chi connectivity index (χ0n) is 13.5. The summed E-state index contributed by atoms with van der Waals surface area (Å²) in [5.41, 5.74) is 4.84. The fourth-order valence-electron chi connectivity index (χ4n) is 1.84. The Morgan fingerprint density at radius 2 is 1.90 bits per heavy atom. The lowest BCUT2D eigenvalue weighted by Gasteiger charge is -2.18. The Morgan fingerprint density at radius 3 is 2.38 bits per heavy atom. The largest absolute Gasteiger partial charge is 0.480 e. The first-order valence-electron chi connectivity index (χ1n) is 7.80. The van der Waals surface area contributed by atoms with Crippen molar-refractivity contribution in [2.24, 2.45) is 5.73 Å². The van der Waals surface area contributed by atoms with Gasteiger partial charge < -0.3 is 20.6 Å². The fraction of sp³-hybridized carbons (Fsp3) is 0.688. The molecule has 1 atom stereocenters. The summed E-state index contributed by atoms with van der Waals surface area (Å²) in [5, 5.41) is 7.87.